The van der Waals surface area contributed by atoms with Crippen molar-refractivity contribution in [2.45, 2.75) is 46.1 Å². The van der Waals surface area contributed by atoms with Crippen LogP contribution in [-0.4, -0.2) is 17.1 Å². The normalized spacial score (nSPS) is 11.8. The highest BCUT2D eigenvalue weighted by Gasteiger charge is 2.10. The number of hydrogen-bond acceptors (Lipinski definition) is 3. The van der Waals surface area contributed by atoms with Crippen LogP contribution in [0.1, 0.15) is 39.1 Å². The van der Waals surface area contributed by atoms with Crippen molar-refractivity contribution in [2.24, 2.45) is 0 Å². The van der Waals surface area contributed by atoms with Gasteiger partial charge in [0.2, 0.25) is 0 Å². The highest BCUT2D eigenvalue weighted by atomic mass is 16.4. The van der Waals surface area contributed by atoms with E-state index in [1.165, 1.54) is 5.56 Å². The number of hydrogen-bond donors (Lipinski definition) is 1. The van der Waals surface area contributed by atoms with Gasteiger partial charge in [-0.15, -0.1) is 0 Å². The molecule has 1 N–H and O–H groups in total. The second-order valence-electron chi connectivity index (χ2n) is 6.10. The zero-order valence-corrected chi connectivity index (χ0v) is 12.9. The summed E-state index contributed by atoms with van der Waals surface area (Å²) in [5.74, 6) is 1.63. The molecule has 0 aliphatic rings. The maximum absolute atomic E-state index is 5.81. The van der Waals surface area contributed by atoms with E-state index in [-0.39, 0.29) is 5.54 Å². The molecule has 0 bridgehead atoms. The third kappa shape index (κ3) is 4.20. The van der Waals surface area contributed by atoms with E-state index < -0.39 is 0 Å². The fraction of sp³-hybridized carbons (Fsp3) is 0.471. The van der Waals surface area contributed by atoms with Crippen molar-refractivity contribution in [3.05, 3.63) is 41.9 Å². The lowest BCUT2D eigenvalue weighted by molar-refractivity contribution is 0.412. The minimum Gasteiger partial charge on any atom is -0.441 e. The summed E-state index contributed by atoms with van der Waals surface area (Å²) in [6.45, 7) is 9.50. The van der Waals surface area contributed by atoms with E-state index in [9.17, 15) is 0 Å². The predicted molar refractivity (Wildman–Crippen MR) is 82.8 cm³/mol. The molecule has 20 heavy (non-hydrogen) atoms. The summed E-state index contributed by atoms with van der Waals surface area (Å²) >= 11 is 0. The van der Waals surface area contributed by atoms with Crippen molar-refractivity contribution in [3.8, 4) is 11.3 Å². The zero-order chi connectivity index (χ0) is 14.6. The Morgan fingerprint density at radius 3 is 2.45 bits per heavy atom. The van der Waals surface area contributed by atoms with Gasteiger partial charge in [-0.3, -0.25) is 0 Å². The molecule has 1 aromatic carbocycles. The summed E-state index contributed by atoms with van der Waals surface area (Å²) in [5.41, 5.74) is 2.55. The largest absolute Gasteiger partial charge is 0.441 e. The summed E-state index contributed by atoms with van der Waals surface area (Å²) in [6, 6.07) is 8.46. The highest BCUT2D eigenvalue weighted by Crippen LogP contribution is 2.21. The summed E-state index contributed by atoms with van der Waals surface area (Å²) < 4.78 is 5.81. The lowest BCUT2D eigenvalue weighted by Crippen LogP contribution is -2.37. The van der Waals surface area contributed by atoms with E-state index in [0.717, 1.165) is 36.6 Å². The maximum atomic E-state index is 5.81. The van der Waals surface area contributed by atoms with Crippen LogP contribution >= 0.6 is 0 Å². The van der Waals surface area contributed by atoms with Crippen molar-refractivity contribution in [1.82, 2.24) is 10.3 Å². The van der Waals surface area contributed by atoms with Crippen LogP contribution in [0, 0.1) is 0 Å². The van der Waals surface area contributed by atoms with Gasteiger partial charge >= 0.3 is 0 Å². The van der Waals surface area contributed by atoms with Gasteiger partial charge in [0.05, 0.1) is 6.20 Å². The van der Waals surface area contributed by atoms with Crippen molar-refractivity contribution in [3.63, 3.8) is 0 Å². The van der Waals surface area contributed by atoms with E-state index in [0.29, 0.717) is 0 Å². The van der Waals surface area contributed by atoms with Crippen LogP contribution < -0.4 is 5.32 Å². The topological polar surface area (TPSA) is 38.1 Å². The fourth-order valence-electron chi connectivity index (χ4n) is 2.01. The molecule has 2 rings (SSSR count). The second-order valence-corrected chi connectivity index (χ2v) is 6.10. The fourth-order valence-corrected chi connectivity index (χ4v) is 2.01. The van der Waals surface area contributed by atoms with Crippen molar-refractivity contribution < 1.29 is 4.42 Å². The van der Waals surface area contributed by atoms with Crippen LogP contribution in [0.25, 0.3) is 11.3 Å². The highest BCUT2D eigenvalue weighted by molar-refractivity contribution is 5.56. The molecule has 0 spiro atoms. The third-order valence-corrected chi connectivity index (χ3v) is 3.19. The van der Waals surface area contributed by atoms with E-state index in [2.05, 4.69) is 62.3 Å². The van der Waals surface area contributed by atoms with Crippen LogP contribution in [0.15, 0.2) is 34.9 Å². The third-order valence-electron chi connectivity index (χ3n) is 3.19. The van der Waals surface area contributed by atoms with Gasteiger partial charge in [0, 0.05) is 24.1 Å². The number of aromatic nitrogens is 1. The van der Waals surface area contributed by atoms with Gasteiger partial charge in [-0.1, -0.05) is 31.2 Å². The Morgan fingerprint density at radius 1 is 1.15 bits per heavy atom. The van der Waals surface area contributed by atoms with Crippen LogP contribution in [0.4, 0.5) is 0 Å². The summed E-state index contributed by atoms with van der Waals surface area (Å²) in [7, 11) is 0. The van der Waals surface area contributed by atoms with Gasteiger partial charge in [0.1, 0.15) is 0 Å². The van der Waals surface area contributed by atoms with Gasteiger partial charge in [0.25, 0.3) is 0 Å². The first-order chi connectivity index (χ1) is 9.48. The standard InChI is InChI=1S/C17H24N2O/c1-5-13-6-8-14(9-7-13)15-12-18-16(20-15)10-11-19-17(2,3)4/h6-9,12,19H,5,10-11H2,1-4H3. The minimum atomic E-state index is 0.130. The molecule has 0 aliphatic carbocycles. The molecule has 0 atom stereocenters. The molecule has 0 fully saturated rings. The van der Waals surface area contributed by atoms with Crippen molar-refractivity contribution in [2.75, 3.05) is 6.54 Å². The Balaban J connectivity index is 1.97. The van der Waals surface area contributed by atoms with Crippen LogP contribution in [0.3, 0.4) is 0 Å². The van der Waals surface area contributed by atoms with Crippen LogP contribution in [0.5, 0.6) is 0 Å². The number of rotatable bonds is 5. The van der Waals surface area contributed by atoms with E-state index in [1.54, 1.807) is 0 Å². The van der Waals surface area contributed by atoms with Crippen LogP contribution in [-0.2, 0) is 12.8 Å². The Hall–Kier alpha value is -1.61. The quantitative estimate of drug-likeness (QED) is 0.898. The molecule has 2 aromatic rings. The molecule has 0 saturated heterocycles. The average Bonchev–Trinajstić information content (AvgIpc) is 2.86. The Morgan fingerprint density at radius 2 is 1.85 bits per heavy atom. The smallest absolute Gasteiger partial charge is 0.196 e. The Bertz CT molecular complexity index is 535. The molecule has 0 unspecified atom stereocenters. The van der Waals surface area contributed by atoms with Gasteiger partial charge in [-0.25, -0.2) is 4.98 Å². The lowest BCUT2D eigenvalue weighted by Gasteiger charge is -2.19. The lowest BCUT2D eigenvalue weighted by atomic mass is 10.1. The summed E-state index contributed by atoms with van der Waals surface area (Å²) in [4.78, 5) is 4.35. The monoisotopic (exact) mass is 272 g/mol. The minimum absolute atomic E-state index is 0.130. The Labute approximate surface area is 121 Å². The van der Waals surface area contributed by atoms with Gasteiger partial charge in [-0.05, 0) is 32.8 Å². The van der Waals surface area contributed by atoms with Crippen molar-refractivity contribution in [1.29, 1.82) is 0 Å². The molecule has 1 heterocycles. The SMILES string of the molecule is CCc1ccc(-c2cnc(CCNC(C)(C)C)o2)cc1. The molecule has 3 heteroatoms. The first-order valence-corrected chi connectivity index (χ1v) is 7.27. The molecule has 0 amide bonds. The van der Waals surface area contributed by atoms with E-state index in [4.69, 9.17) is 4.42 Å². The van der Waals surface area contributed by atoms with E-state index >= 15 is 0 Å². The Kier molecular flexibility index (Phi) is 4.61. The number of oxazole rings is 1. The number of nitrogens with zero attached hydrogens (tertiary/aromatic N) is 1. The van der Waals surface area contributed by atoms with Crippen molar-refractivity contribution >= 4 is 0 Å². The zero-order valence-electron chi connectivity index (χ0n) is 12.9. The summed E-state index contributed by atoms with van der Waals surface area (Å²) in [5, 5.41) is 3.43. The number of benzene rings is 1. The van der Waals surface area contributed by atoms with Gasteiger partial charge in [0.15, 0.2) is 11.7 Å². The first-order valence-electron chi connectivity index (χ1n) is 7.27. The maximum Gasteiger partial charge on any atom is 0.196 e. The molecular formula is C17H24N2O. The number of nitrogens with one attached hydrogen (secondary N) is 1. The van der Waals surface area contributed by atoms with E-state index in [1.807, 2.05) is 6.20 Å². The molecule has 3 nitrogen and oxygen atoms in total. The molecule has 0 radical (unpaired) electrons. The average molecular weight is 272 g/mol. The summed E-state index contributed by atoms with van der Waals surface area (Å²) in [6.07, 6.45) is 3.68. The molecule has 108 valence electrons. The number of aryl methyl sites for hydroxylation is 1. The molecular weight excluding hydrogens is 248 g/mol. The molecule has 0 aliphatic heterocycles. The first kappa shape index (κ1) is 14.8. The second kappa shape index (κ2) is 6.23. The molecule has 0 saturated carbocycles. The predicted octanol–water partition coefficient (Wildman–Crippen LogP) is 3.83. The van der Waals surface area contributed by atoms with Crippen LogP contribution in [0.2, 0.25) is 0 Å². The van der Waals surface area contributed by atoms with Gasteiger partial charge < -0.3 is 9.73 Å². The molecule has 1 aromatic heterocycles. The van der Waals surface area contributed by atoms with Gasteiger partial charge in [-0.2, -0.15) is 0 Å².